The van der Waals surface area contributed by atoms with E-state index in [2.05, 4.69) is 5.32 Å². The molecule has 0 aromatic heterocycles. The lowest BCUT2D eigenvalue weighted by atomic mass is 10.1. The van der Waals surface area contributed by atoms with Crippen molar-refractivity contribution in [1.29, 1.82) is 0 Å². The van der Waals surface area contributed by atoms with Gasteiger partial charge in [0.05, 0.1) is 21.3 Å². The zero-order chi connectivity index (χ0) is 14.4. The van der Waals surface area contributed by atoms with Crippen LogP contribution in [0.3, 0.4) is 0 Å². The smallest absolute Gasteiger partial charge is 0.203 e. The Bertz CT molecular complexity index is 530. The number of methoxy groups -OCH3 is 3. The molecule has 0 bridgehead atoms. The van der Waals surface area contributed by atoms with Gasteiger partial charge in [0.2, 0.25) is 5.75 Å². The number of nitrogens with one attached hydrogen (secondary N) is 1. The fourth-order valence-electron chi connectivity index (χ4n) is 2.00. The van der Waals surface area contributed by atoms with Crippen LogP contribution in [0.4, 0.5) is 5.69 Å². The summed E-state index contributed by atoms with van der Waals surface area (Å²) in [6.07, 6.45) is 0. The van der Waals surface area contributed by atoms with Gasteiger partial charge in [-0.2, -0.15) is 0 Å². The zero-order valence-electron chi connectivity index (χ0n) is 12.0. The van der Waals surface area contributed by atoms with Crippen LogP contribution in [0.2, 0.25) is 0 Å². The fourth-order valence-corrected chi connectivity index (χ4v) is 2.00. The standard InChI is InChI=1S/C16H19NO3/c1-18-14-9-12(10-15(19-2)16(14)20-3)11-17-13-7-5-4-6-8-13/h4-10,17H,11H2,1-3H3. The Balaban J connectivity index is 2.19. The van der Waals surface area contributed by atoms with Crippen molar-refractivity contribution in [1.82, 2.24) is 0 Å². The summed E-state index contributed by atoms with van der Waals surface area (Å²) in [5.74, 6) is 1.94. The van der Waals surface area contributed by atoms with Crippen molar-refractivity contribution in [3.05, 3.63) is 48.0 Å². The highest BCUT2D eigenvalue weighted by molar-refractivity contribution is 5.54. The first kappa shape index (κ1) is 14.1. The van der Waals surface area contributed by atoms with Gasteiger partial charge in [0.1, 0.15) is 0 Å². The second-order valence-electron chi connectivity index (χ2n) is 4.25. The molecular formula is C16H19NO3. The maximum atomic E-state index is 5.34. The van der Waals surface area contributed by atoms with E-state index in [1.54, 1.807) is 21.3 Å². The number of hydrogen-bond acceptors (Lipinski definition) is 4. The Hall–Kier alpha value is -2.36. The number of benzene rings is 2. The summed E-state index contributed by atoms with van der Waals surface area (Å²) < 4.78 is 16.0. The second-order valence-corrected chi connectivity index (χ2v) is 4.25. The molecule has 0 aliphatic rings. The van der Waals surface area contributed by atoms with Crippen molar-refractivity contribution >= 4 is 5.69 Å². The van der Waals surface area contributed by atoms with Crippen LogP contribution in [0, 0.1) is 0 Å². The Morgan fingerprint density at radius 1 is 0.850 bits per heavy atom. The van der Waals surface area contributed by atoms with Crippen LogP contribution < -0.4 is 19.5 Å². The van der Waals surface area contributed by atoms with Crippen molar-refractivity contribution in [2.75, 3.05) is 26.6 Å². The van der Waals surface area contributed by atoms with Crippen LogP contribution in [0.1, 0.15) is 5.56 Å². The van der Waals surface area contributed by atoms with Gasteiger partial charge in [-0.1, -0.05) is 18.2 Å². The van der Waals surface area contributed by atoms with Gasteiger partial charge in [0.15, 0.2) is 11.5 Å². The maximum absolute atomic E-state index is 5.34. The summed E-state index contributed by atoms with van der Waals surface area (Å²) in [4.78, 5) is 0. The lowest BCUT2D eigenvalue weighted by Crippen LogP contribution is -2.02. The van der Waals surface area contributed by atoms with Gasteiger partial charge in [0, 0.05) is 12.2 Å². The highest BCUT2D eigenvalue weighted by Crippen LogP contribution is 2.38. The van der Waals surface area contributed by atoms with E-state index >= 15 is 0 Å². The topological polar surface area (TPSA) is 39.7 Å². The molecule has 0 atom stereocenters. The Kier molecular flexibility index (Phi) is 4.71. The van der Waals surface area contributed by atoms with Crippen LogP contribution in [0.25, 0.3) is 0 Å². The fraction of sp³-hybridized carbons (Fsp3) is 0.250. The summed E-state index contributed by atoms with van der Waals surface area (Å²) in [5.41, 5.74) is 2.13. The number of rotatable bonds is 6. The van der Waals surface area contributed by atoms with Gasteiger partial charge in [-0.3, -0.25) is 0 Å². The van der Waals surface area contributed by atoms with Gasteiger partial charge < -0.3 is 19.5 Å². The molecule has 0 aliphatic heterocycles. The first-order chi connectivity index (χ1) is 9.78. The maximum Gasteiger partial charge on any atom is 0.203 e. The molecule has 0 spiro atoms. The third-order valence-electron chi connectivity index (χ3n) is 2.99. The quantitative estimate of drug-likeness (QED) is 0.876. The van der Waals surface area contributed by atoms with E-state index in [-0.39, 0.29) is 0 Å². The van der Waals surface area contributed by atoms with Crippen molar-refractivity contribution in [3.8, 4) is 17.2 Å². The van der Waals surface area contributed by atoms with Gasteiger partial charge in [-0.05, 0) is 29.8 Å². The molecule has 0 unspecified atom stereocenters. The second kappa shape index (κ2) is 6.70. The SMILES string of the molecule is COc1cc(CNc2ccccc2)cc(OC)c1OC. The van der Waals surface area contributed by atoms with E-state index in [0.717, 1.165) is 11.3 Å². The van der Waals surface area contributed by atoms with Gasteiger partial charge in [-0.15, -0.1) is 0 Å². The van der Waals surface area contributed by atoms with Crippen molar-refractivity contribution in [2.45, 2.75) is 6.54 Å². The minimum atomic E-state index is 0.610. The Morgan fingerprint density at radius 2 is 1.45 bits per heavy atom. The van der Waals surface area contributed by atoms with Crippen LogP contribution in [-0.4, -0.2) is 21.3 Å². The molecule has 2 aromatic rings. The van der Waals surface area contributed by atoms with Crippen LogP contribution >= 0.6 is 0 Å². The van der Waals surface area contributed by atoms with Gasteiger partial charge in [0.25, 0.3) is 0 Å². The average Bonchev–Trinajstić information content (AvgIpc) is 2.52. The minimum Gasteiger partial charge on any atom is -0.493 e. The Morgan fingerprint density at radius 3 is 1.95 bits per heavy atom. The highest BCUT2D eigenvalue weighted by Gasteiger charge is 2.12. The monoisotopic (exact) mass is 273 g/mol. The van der Waals surface area contributed by atoms with Crippen LogP contribution in [-0.2, 0) is 6.54 Å². The van der Waals surface area contributed by atoms with Crippen molar-refractivity contribution in [2.24, 2.45) is 0 Å². The predicted octanol–water partition coefficient (Wildman–Crippen LogP) is 3.32. The molecule has 106 valence electrons. The van der Waals surface area contributed by atoms with Gasteiger partial charge >= 0.3 is 0 Å². The lowest BCUT2D eigenvalue weighted by molar-refractivity contribution is 0.324. The Labute approximate surface area is 119 Å². The first-order valence-electron chi connectivity index (χ1n) is 6.36. The third-order valence-corrected chi connectivity index (χ3v) is 2.99. The number of para-hydroxylation sites is 1. The molecule has 1 N–H and O–H groups in total. The molecule has 4 nitrogen and oxygen atoms in total. The van der Waals surface area contributed by atoms with Crippen molar-refractivity contribution < 1.29 is 14.2 Å². The summed E-state index contributed by atoms with van der Waals surface area (Å²) in [7, 11) is 4.83. The van der Waals surface area contributed by atoms with E-state index in [0.29, 0.717) is 23.8 Å². The average molecular weight is 273 g/mol. The van der Waals surface area contributed by atoms with E-state index < -0.39 is 0 Å². The summed E-state index contributed by atoms with van der Waals surface area (Å²) in [6.45, 7) is 0.681. The lowest BCUT2D eigenvalue weighted by Gasteiger charge is -2.14. The molecule has 0 saturated carbocycles. The summed E-state index contributed by atoms with van der Waals surface area (Å²) in [5, 5.41) is 3.35. The third kappa shape index (κ3) is 3.15. The minimum absolute atomic E-state index is 0.610. The van der Waals surface area contributed by atoms with Crippen LogP contribution in [0.15, 0.2) is 42.5 Å². The first-order valence-corrected chi connectivity index (χ1v) is 6.36. The normalized spacial score (nSPS) is 9.95. The summed E-state index contributed by atoms with van der Waals surface area (Å²) in [6, 6.07) is 13.9. The molecule has 0 radical (unpaired) electrons. The highest BCUT2D eigenvalue weighted by atomic mass is 16.5. The van der Waals surface area contributed by atoms with Gasteiger partial charge in [-0.25, -0.2) is 0 Å². The molecular weight excluding hydrogens is 254 g/mol. The molecule has 2 rings (SSSR count). The molecule has 0 amide bonds. The number of anilines is 1. The molecule has 4 heteroatoms. The molecule has 2 aromatic carbocycles. The van der Waals surface area contributed by atoms with E-state index in [4.69, 9.17) is 14.2 Å². The van der Waals surface area contributed by atoms with Crippen LogP contribution in [0.5, 0.6) is 17.2 Å². The number of ether oxygens (including phenoxy) is 3. The predicted molar refractivity (Wildman–Crippen MR) is 79.9 cm³/mol. The molecule has 0 saturated heterocycles. The number of hydrogen-bond donors (Lipinski definition) is 1. The molecule has 0 aliphatic carbocycles. The molecule has 0 heterocycles. The zero-order valence-corrected chi connectivity index (χ0v) is 12.0. The molecule has 20 heavy (non-hydrogen) atoms. The van der Waals surface area contributed by atoms with E-state index in [1.807, 2.05) is 42.5 Å². The van der Waals surface area contributed by atoms with E-state index in [1.165, 1.54) is 0 Å². The van der Waals surface area contributed by atoms with E-state index in [9.17, 15) is 0 Å². The van der Waals surface area contributed by atoms with Crippen molar-refractivity contribution in [3.63, 3.8) is 0 Å². The largest absolute Gasteiger partial charge is 0.493 e. The molecule has 0 fully saturated rings. The summed E-state index contributed by atoms with van der Waals surface area (Å²) >= 11 is 0.